The molecular weight excluding hydrogens is 174 g/mol. The topological polar surface area (TPSA) is 21.3 Å². The molecule has 0 spiro atoms. The van der Waals surface area contributed by atoms with Crippen molar-refractivity contribution in [2.45, 2.75) is 64.2 Å². The zero-order chi connectivity index (χ0) is 9.97. The van der Waals surface area contributed by atoms with E-state index >= 15 is 0 Å². The molecule has 3 atom stereocenters. The maximum atomic E-state index is 5.82. The molecule has 2 aliphatic rings. The van der Waals surface area contributed by atoms with Crippen molar-refractivity contribution in [1.29, 1.82) is 0 Å². The average molecular weight is 197 g/mol. The Hall–Kier alpha value is -0.0800. The number of nitrogens with one attached hydrogen (secondary N) is 1. The van der Waals surface area contributed by atoms with E-state index < -0.39 is 0 Å². The number of hydrogen-bond acceptors (Lipinski definition) is 2. The highest BCUT2D eigenvalue weighted by molar-refractivity contribution is 4.94. The summed E-state index contributed by atoms with van der Waals surface area (Å²) in [5, 5.41) is 3.69. The van der Waals surface area contributed by atoms with Gasteiger partial charge in [-0.15, -0.1) is 0 Å². The molecule has 2 saturated heterocycles. The first-order chi connectivity index (χ1) is 6.83. The smallest absolute Gasteiger partial charge is 0.0733 e. The fourth-order valence-corrected chi connectivity index (χ4v) is 2.75. The van der Waals surface area contributed by atoms with Crippen LogP contribution in [0.1, 0.15) is 46.0 Å². The molecule has 2 fully saturated rings. The van der Waals surface area contributed by atoms with Crippen LogP contribution in [0.2, 0.25) is 0 Å². The van der Waals surface area contributed by atoms with Crippen LogP contribution in [-0.4, -0.2) is 24.8 Å². The zero-order valence-corrected chi connectivity index (χ0v) is 9.46. The molecule has 2 nitrogen and oxygen atoms in total. The van der Waals surface area contributed by atoms with Gasteiger partial charge in [-0.2, -0.15) is 0 Å². The van der Waals surface area contributed by atoms with Gasteiger partial charge in [-0.05, 0) is 31.7 Å². The van der Waals surface area contributed by atoms with Crippen molar-refractivity contribution in [1.82, 2.24) is 5.32 Å². The summed E-state index contributed by atoms with van der Waals surface area (Å²) in [5.74, 6) is 0.856. The molecule has 82 valence electrons. The summed E-state index contributed by atoms with van der Waals surface area (Å²) >= 11 is 0. The Labute approximate surface area is 87.4 Å². The lowest BCUT2D eigenvalue weighted by Crippen LogP contribution is -2.39. The van der Waals surface area contributed by atoms with E-state index in [0.717, 1.165) is 5.92 Å². The van der Waals surface area contributed by atoms with E-state index in [1.165, 1.54) is 38.6 Å². The van der Waals surface area contributed by atoms with Gasteiger partial charge in [0.1, 0.15) is 0 Å². The second-order valence-corrected chi connectivity index (χ2v) is 4.81. The Morgan fingerprint density at radius 2 is 2.07 bits per heavy atom. The van der Waals surface area contributed by atoms with E-state index in [1.54, 1.807) is 0 Å². The molecule has 0 saturated carbocycles. The van der Waals surface area contributed by atoms with Gasteiger partial charge in [0.15, 0.2) is 0 Å². The third-order valence-corrected chi connectivity index (χ3v) is 3.93. The predicted octanol–water partition coefficient (Wildman–Crippen LogP) is 2.33. The summed E-state index contributed by atoms with van der Waals surface area (Å²) in [7, 11) is 0. The number of fused-ring (bicyclic) bond motifs is 2. The first-order valence-electron chi connectivity index (χ1n) is 6.22. The van der Waals surface area contributed by atoms with Gasteiger partial charge in [-0.1, -0.05) is 26.7 Å². The summed E-state index contributed by atoms with van der Waals surface area (Å²) in [6.07, 6.45) is 7.55. The fraction of sp³-hybridized carbons (Fsp3) is 1.00. The molecule has 2 heteroatoms. The average Bonchev–Trinajstić information content (AvgIpc) is 2.80. The van der Waals surface area contributed by atoms with Gasteiger partial charge in [-0.3, -0.25) is 0 Å². The Bertz CT molecular complexity index is 179. The first-order valence-corrected chi connectivity index (χ1v) is 6.22. The highest BCUT2D eigenvalue weighted by Crippen LogP contribution is 2.34. The largest absolute Gasteiger partial charge is 0.373 e. The van der Waals surface area contributed by atoms with Crippen molar-refractivity contribution in [3.8, 4) is 0 Å². The predicted molar refractivity (Wildman–Crippen MR) is 58.4 cm³/mol. The standard InChI is InChI=1S/C12H23NO/c1-3-9(4-2)8-13-11-7-10-5-6-12(11)14-10/h9-13H,3-8H2,1-2H3. The van der Waals surface area contributed by atoms with Crippen LogP contribution in [-0.2, 0) is 4.74 Å². The third kappa shape index (κ3) is 2.12. The van der Waals surface area contributed by atoms with E-state index in [9.17, 15) is 0 Å². The SMILES string of the molecule is CCC(CC)CNC1CC2CCC1O2. The monoisotopic (exact) mass is 197 g/mol. The minimum absolute atomic E-state index is 0.536. The van der Waals surface area contributed by atoms with E-state index in [0.29, 0.717) is 18.2 Å². The van der Waals surface area contributed by atoms with Crippen LogP contribution in [0.4, 0.5) is 0 Å². The van der Waals surface area contributed by atoms with Crippen LogP contribution >= 0.6 is 0 Å². The van der Waals surface area contributed by atoms with Gasteiger partial charge in [0.05, 0.1) is 12.2 Å². The van der Waals surface area contributed by atoms with Crippen molar-refractivity contribution >= 4 is 0 Å². The van der Waals surface area contributed by atoms with E-state index in [1.807, 2.05) is 0 Å². The van der Waals surface area contributed by atoms with Gasteiger partial charge in [-0.25, -0.2) is 0 Å². The number of ether oxygens (including phenoxy) is 1. The van der Waals surface area contributed by atoms with E-state index in [4.69, 9.17) is 4.74 Å². The van der Waals surface area contributed by atoms with E-state index in [-0.39, 0.29) is 0 Å². The van der Waals surface area contributed by atoms with Crippen LogP contribution in [0.15, 0.2) is 0 Å². The Kier molecular flexibility index (Phi) is 3.45. The minimum atomic E-state index is 0.536. The Balaban J connectivity index is 1.71. The van der Waals surface area contributed by atoms with Gasteiger partial charge >= 0.3 is 0 Å². The zero-order valence-electron chi connectivity index (χ0n) is 9.46. The minimum Gasteiger partial charge on any atom is -0.373 e. The van der Waals surface area contributed by atoms with Gasteiger partial charge in [0.25, 0.3) is 0 Å². The van der Waals surface area contributed by atoms with Gasteiger partial charge < -0.3 is 10.1 Å². The van der Waals surface area contributed by atoms with Gasteiger partial charge in [0, 0.05) is 6.04 Å². The molecule has 2 aliphatic heterocycles. The molecule has 0 radical (unpaired) electrons. The van der Waals surface area contributed by atoms with Crippen LogP contribution in [0.3, 0.4) is 0 Å². The quantitative estimate of drug-likeness (QED) is 0.730. The lowest BCUT2D eigenvalue weighted by Gasteiger charge is -2.22. The van der Waals surface area contributed by atoms with Crippen molar-refractivity contribution in [2.24, 2.45) is 5.92 Å². The summed E-state index contributed by atoms with van der Waals surface area (Å²) in [6.45, 7) is 5.75. The molecule has 2 rings (SSSR count). The molecule has 0 aromatic carbocycles. The Morgan fingerprint density at radius 3 is 2.57 bits per heavy atom. The molecule has 2 heterocycles. The summed E-state index contributed by atoms with van der Waals surface area (Å²) in [5.41, 5.74) is 0. The highest BCUT2D eigenvalue weighted by Gasteiger charge is 2.40. The lowest BCUT2D eigenvalue weighted by molar-refractivity contribution is 0.0969. The van der Waals surface area contributed by atoms with Crippen molar-refractivity contribution in [3.05, 3.63) is 0 Å². The van der Waals surface area contributed by atoms with Gasteiger partial charge in [0.2, 0.25) is 0 Å². The molecule has 0 aromatic heterocycles. The second kappa shape index (κ2) is 4.63. The fourth-order valence-electron chi connectivity index (χ4n) is 2.75. The first kappa shape index (κ1) is 10.4. The summed E-state index contributed by atoms with van der Waals surface area (Å²) in [6, 6.07) is 0.661. The molecular formula is C12H23NO. The lowest BCUT2D eigenvalue weighted by atomic mass is 9.94. The number of hydrogen-bond donors (Lipinski definition) is 1. The molecule has 0 aliphatic carbocycles. The number of rotatable bonds is 5. The second-order valence-electron chi connectivity index (χ2n) is 4.81. The normalized spacial score (nSPS) is 35.8. The molecule has 0 amide bonds. The van der Waals surface area contributed by atoms with Crippen molar-refractivity contribution in [3.63, 3.8) is 0 Å². The van der Waals surface area contributed by atoms with Crippen LogP contribution in [0.5, 0.6) is 0 Å². The molecule has 0 aromatic rings. The maximum absolute atomic E-state index is 5.82. The molecule has 3 unspecified atom stereocenters. The molecule has 2 bridgehead atoms. The molecule has 1 N–H and O–H groups in total. The van der Waals surface area contributed by atoms with Crippen LogP contribution in [0, 0.1) is 5.92 Å². The summed E-state index contributed by atoms with van der Waals surface area (Å²) in [4.78, 5) is 0. The Morgan fingerprint density at radius 1 is 1.29 bits per heavy atom. The van der Waals surface area contributed by atoms with Crippen molar-refractivity contribution < 1.29 is 4.74 Å². The maximum Gasteiger partial charge on any atom is 0.0733 e. The van der Waals surface area contributed by atoms with Crippen molar-refractivity contribution in [2.75, 3.05) is 6.54 Å². The van der Waals surface area contributed by atoms with Crippen LogP contribution in [0.25, 0.3) is 0 Å². The highest BCUT2D eigenvalue weighted by atomic mass is 16.5. The van der Waals surface area contributed by atoms with Crippen LogP contribution < -0.4 is 5.32 Å². The summed E-state index contributed by atoms with van der Waals surface area (Å²) < 4.78 is 5.82. The third-order valence-electron chi connectivity index (χ3n) is 3.93. The van der Waals surface area contributed by atoms with E-state index in [2.05, 4.69) is 19.2 Å². The molecule has 14 heavy (non-hydrogen) atoms.